The number of ether oxygens (including phenoxy) is 1. The van der Waals surface area contributed by atoms with Crippen molar-refractivity contribution in [3.63, 3.8) is 0 Å². The molecule has 0 aliphatic heterocycles. The quantitative estimate of drug-likeness (QED) is 0.147. The van der Waals surface area contributed by atoms with Crippen LogP contribution in [-0.2, 0) is 5.41 Å². The molecule has 272 valence electrons. The molecule has 8 aromatic rings. The summed E-state index contributed by atoms with van der Waals surface area (Å²) in [5, 5.41) is 0. The van der Waals surface area contributed by atoms with Crippen LogP contribution in [0, 0.1) is 0 Å². The van der Waals surface area contributed by atoms with Gasteiger partial charge in [0.1, 0.15) is 5.75 Å². The minimum absolute atomic E-state index is 0.000253. The number of anilines is 2. The topological polar surface area (TPSA) is 12.5 Å². The third-order valence-electron chi connectivity index (χ3n) is 11.5. The summed E-state index contributed by atoms with van der Waals surface area (Å²) in [5.74, 6) is 1.60. The van der Waals surface area contributed by atoms with E-state index in [9.17, 15) is 0 Å². The van der Waals surface area contributed by atoms with Crippen LogP contribution in [0.4, 0.5) is 11.4 Å². The molecule has 0 fully saturated rings. The summed E-state index contributed by atoms with van der Waals surface area (Å²) in [6, 6.07) is 76.1. The monoisotopic (exact) mass is 731 g/mol. The summed E-state index contributed by atoms with van der Waals surface area (Å²) >= 11 is 0. The molecule has 10 rings (SSSR count). The van der Waals surface area contributed by atoms with Gasteiger partial charge in [0.2, 0.25) is 0 Å². The Morgan fingerprint density at radius 2 is 1.05 bits per heavy atom. The van der Waals surface area contributed by atoms with Crippen LogP contribution in [0.25, 0.3) is 27.8 Å². The second-order valence-corrected chi connectivity index (χ2v) is 14.7. The zero-order chi connectivity index (χ0) is 38.0. The summed E-state index contributed by atoms with van der Waals surface area (Å²) in [6.07, 6.45) is 7.88. The lowest BCUT2D eigenvalue weighted by atomic mass is 9.68. The molecular weight excluding hydrogens is 691 g/mol. The van der Waals surface area contributed by atoms with Crippen LogP contribution in [0.3, 0.4) is 0 Å². The minimum atomic E-state index is -0.514. The van der Waals surface area contributed by atoms with E-state index in [1.54, 1.807) is 0 Å². The summed E-state index contributed by atoms with van der Waals surface area (Å²) in [7, 11) is 0. The number of allylic oxidation sites excluding steroid dienone is 2. The van der Waals surface area contributed by atoms with Crippen molar-refractivity contribution < 1.29 is 4.74 Å². The molecule has 0 aromatic heterocycles. The Morgan fingerprint density at radius 3 is 1.70 bits per heavy atom. The third kappa shape index (κ3) is 6.07. The lowest BCUT2D eigenvalue weighted by molar-refractivity contribution is 0.482. The SMILES string of the molecule is C1=CC(N(c2ccc(-c3ccccc3)cc2Oc2ccccc2)c2cccc3c2-c2ccccc2C3(c2ccccc2)c2ccccc2)CC=C1c1ccccc1. The Balaban J connectivity index is 1.23. The van der Waals surface area contributed by atoms with Crippen LogP contribution in [0.5, 0.6) is 11.5 Å². The van der Waals surface area contributed by atoms with Gasteiger partial charge in [-0.15, -0.1) is 0 Å². The maximum Gasteiger partial charge on any atom is 0.151 e. The molecule has 2 heteroatoms. The highest BCUT2D eigenvalue weighted by Gasteiger charge is 2.47. The number of nitrogens with zero attached hydrogens (tertiary/aromatic N) is 1. The second kappa shape index (κ2) is 14.8. The molecule has 0 bridgehead atoms. The Kier molecular flexibility index (Phi) is 8.93. The van der Waals surface area contributed by atoms with Gasteiger partial charge >= 0.3 is 0 Å². The van der Waals surface area contributed by atoms with Crippen molar-refractivity contribution in [3.8, 4) is 33.8 Å². The van der Waals surface area contributed by atoms with Gasteiger partial charge in [-0.1, -0.05) is 200 Å². The van der Waals surface area contributed by atoms with E-state index in [-0.39, 0.29) is 6.04 Å². The number of hydrogen-bond acceptors (Lipinski definition) is 2. The minimum Gasteiger partial charge on any atom is -0.455 e. The van der Waals surface area contributed by atoms with Crippen LogP contribution in [-0.4, -0.2) is 6.04 Å². The van der Waals surface area contributed by atoms with Crippen molar-refractivity contribution in [2.75, 3.05) is 4.90 Å². The number of benzene rings is 8. The molecule has 0 saturated heterocycles. The normalized spacial score (nSPS) is 14.9. The molecule has 2 nitrogen and oxygen atoms in total. The van der Waals surface area contributed by atoms with E-state index in [0.29, 0.717) is 0 Å². The average Bonchev–Trinajstić information content (AvgIpc) is 3.60. The van der Waals surface area contributed by atoms with Crippen molar-refractivity contribution in [3.05, 3.63) is 258 Å². The van der Waals surface area contributed by atoms with E-state index in [1.165, 1.54) is 44.5 Å². The van der Waals surface area contributed by atoms with Crippen LogP contribution in [0.1, 0.15) is 34.2 Å². The van der Waals surface area contributed by atoms with E-state index >= 15 is 0 Å². The molecular formula is C55H41NO. The van der Waals surface area contributed by atoms with Gasteiger partial charge in [-0.05, 0) is 86.8 Å². The fourth-order valence-electron chi connectivity index (χ4n) is 9.03. The standard InChI is InChI=1S/C55H41NO/c1-6-19-40(20-7-1)42-33-36-46(37-34-42)56(51-38-35-43(41-21-8-2-9-22-41)39-53(51)57-47-27-14-5-15-28-47)52-32-18-31-50-54(52)48-29-16-17-30-49(48)55(50,44-23-10-3-11-24-44)45-25-12-4-13-26-45/h1-36,38-39,46H,37H2. The predicted molar refractivity (Wildman–Crippen MR) is 236 cm³/mol. The van der Waals surface area contributed by atoms with E-state index in [0.717, 1.165) is 40.4 Å². The van der Waals surface area contributed by atoms with Crippen LogP contribution in [0.2, 0.25) is 0 Å². The predicted octanol–water partition coefficient (Wildman–Crippen LogP) is 14.1. The van der Waals surface area contributed by atoms with E-state index in [1.807, 2.05) is 30.3 Å². The molecule has 1 atom stereocenters. The van der Waals surface area contributed by atoms with Crippen LogP contribution in [0.15, 0.2) is 231 Å². The van der Waals surface area contributed by atoms with Crippen LogP contribution >= 0.6 is 0 Å². The fraction of sp³-hybridized carbons (Fsp3) is 0.0545. The highest BCUT2D eigenvalue weighted by Crippen LogP contribution is 2.59. The third-order valence-corrected chi connectivity index (χ3v) is 11.5. The highest BCUT2D eigenvalue weighted by atomic mass is 16.5. The van der Waals surface area contributed by atoms with Gasteiger partial charge in [0, 0.05) is 5.56 Å². The van der Waals surface area contributed by atoms with Crippen molar-refractivity contribution in [2.45, 2.75) is 17.9 Å². The molecule has 0 radical (unpaired) electrons. The molecule has 1 unspecified atom stereocenters. The maximum absolute atomic E-state index is 6.94. The number of rotatable bonds is 9. The zero-order valence-corrected chi connectivity index (χ0v) is 31.6. The van der Waals surface area contributed by atoms with Gasteiger partial charge in [-0.3, -0.25) is 0 Å². The van der Waals surface area contributed by atoms with Crippen molar-refractivity contribution in [1.29, 1.82) is 0 Å². The first-order valence-corrected chi connectivity index (χ1v) is 19.8. The Labute approximate surface area is 335 Å². The van der Waals surface area contributed by atoms with Gasteiger partial charge in [0.25, 0.3) is 0 Å². The molecule has 0 spiro atoms. The first kappa shape index (κ1) is 34.3. The molecule has 57 heavy (non-hydrogen) atoms. The lowest BCUT2D eigenvalue weighted by Gasteiger charge is -2.37. The van der Waals surface area contributed by atoms with Crippen LogP contribution < -0.4 is 9.64 Å². The van der Waals surface area contributed by atoms with Crippen molar-refractivity contribution >= 4 is 16.9 Å². The molecule has 0 saturated carbocycles. The fourth-order valence-corrected chi connectivity index (χ4v) is 9.03. The van der Waals surface area contributed by atoms with E-state index < -0.39 is 5.41 Å². The maximum atomic E-state index is 6.94. The summed E-state index contributed by atoms with van der Waals surface area (Å²) in [5.41, 5.74) is 13.9. The second-order valence-electron chi connectivity index (χ2n) is 14.7. The van der Waals surface area contributed by atoms with Crippen molar-refractivity contribution in [2.24, 2.45) is 0 Å². The van der Waals surface area contributed by atoms with E-state index in [4.69, 9.17) is 4.74 Å². The number of hydrogen-bond donors (Lipinski definition) is 0. The van der Waals surface area contributed by atoms with E-state index in [2.05, 4.69) is 205 Å². The highest BCUT2D eigenvalue weighted by molar-refractivity contribution is 5.96. The first-order valence-electron chi connectivity index (χ1n) is 19.8. The summed E-state index contributed by atoms with van der Waals surface area (Å²) in [4.78, 5) is 2.53. The van der Waals surface area contributed by atoms with Gasteiger partial charge in [0.15, 0.2) is 5.75 Å². The Bertz CT molecular complexity index is 2680. The summed E-state index contributed by atoms with van der Waals surface area (Å²) < 4.78 is 6.94. The molecule has 8 aromatic carbocycles. The largest absolute Gasteiger partial charge is 0.455 e. The smallest absolute Gasteiger partial charge is 0.151 e. The molecule has 0 amide bonds. The Morgan fingerprint density at radius 1 is 0.474 bits per heavy atom. The van der Waals surface area contributed by atoms with Gasteiger partial charge in [0.05, 0.1) is 22.8 Å². The first-order chi connectivity index (χ1) is 28.3. The van der Waals surface area contributed by atoms with Gasteiger partial charge in [-0.25, -0.2) is 0 Å². The molecule has 2 aliphatic rings. The Hall–Kier alpha value is -7.16. The zero-order valence-electron chi connectivity index (χ0n) is 31.6. The molecule has 0 heterocycles. The van der Waals surface area contributed by atoms with Gasteiger partial charge in [-0.2, -0.15) is 0 Å². The summed E-state index contributed by atoms with van der Waals surface area (Å²) in [6.45, 7) is 0. The van der Waals surface area contributed by atoms with Crippen molar-refractivity contribution in [1.82, 2.24) is 0 Å². The molecule has 2 aliphatic carbocycles. The van der Waals surface area contributed by atoms with Gasteiger partial charge < -0.3 is 9.64 Å². The average molecular weight is 732 g/mol. The number of fused-ring (bicyclic) bond motifs is 3. The molecule has 0 N–H and O–H groups in total. The number of para-hydroxylation sites is 1. The lowest BCUT2D eigenvalue weighted by Crippen LogP contribution is -2.31.